The largest absolute Gasteiger partial charge is 0.506 e. The maximum atomic E-state index is 12.1. The zero-order valence-electron chi connectivity index (χ0n) is 12.7. The molecule has 0 bridgehead atoms. The number of phenols is 1. The molecule has 0 aliphatic heterocycles. The second-order valence-corrected chi connectivity index (χ2v) is 6.85. The van der Waals surface area contributed by atoms with Crippen LogP contribution in [0.1, 0.15) is 24.5 Å². The Kier molecular flexibility index (Phi) is 7.08. The maximum Gasteiger partial charge on any atom is 0.412 e. The number of rotatable bonds is 6. The summed E-state index contributed by atoms with van der Waals surface area (Å²) in [6.07, 6.45) is -0.489. The fourth-order valence-electron chi connectivity index (χ4n) is 2.18. The van der Waals surface area contributed by atoms with Crippen molar-refractivity contribution in [2.45, 2.75) is 18.9 Å². The van der Waals surface area contributed by atoms with Gasteiger partial charge in [0.2, 0.25) is 0 Å². The summed E-state index contributed by atoms with van der Waals surface area (Å²) < 4.78 is 6.70. The molecule has 1 atom stereocenters. The van der Waals surface area contributed by atoms with Crippen molar-refractivity contribution in [1.82, 2.24) is 0 Å². The van der Waals surface area contributed by atoms with Crippen LogP contribution in [0.5, 0.6) is 5.75 Å². The number of carbonyl (C=O) groups is 1. The molecule has 0 radical (unpaired) electrons. The molecule has 2 aromatic rings. The van der Waals surface area contributed by atoms with Crippen molar-refractivity contribution < 1.29 is 19.7 Å². The van der Waals surface area contributed by atoms with Gasteiger partial charge in [0.1, 0.15) is 11.9 Å². The quantitative estimate of drug-likeness (QED) is 0.570. The average molecular weight is 459 g/mol. The van der Waals surface area contributed by atoms with Gasteiger partial charge >= 0.3 is 6.09 Å². The molecule has 24 heavy (non-hydrogen) atoms. The summed E-state index contributed by atoms with van der Waals surface area (Å²) in [6, 6.07) is 12.3. The van der Waals surface area contributed by atoms with Crippen LogP contribution in [0.4, 0.5) is 10.5 Å². The van der Waals surface area contributed by atoms with Crippen LogP contribution in [0.3, 0.4) is 0 Å². The normalized spacial score (nSPS) is 11.8. The van der Waals surface area contributed by atoms with E-state index in [2.05, 4.69) is 37.2 Å². The molecule has 2 rings (SSSR count). The van der Waals surface area contributed by atoms with Crippen LogP contribution in [0, 0.1) is 0 Å². The standard InChI is InChI=1S/C17H17Br2NO4/c18-11-9-13(16(22)14(19)10-11)15(7-4-8-21)24-17(23)20-12-5-2-1-3-6-12/h1-3,5-6,9-10,15,21-22H,4,7-8H2,(H,20,23)/t15-/m1/s1. The number of aromatic hydroxyl groups is 1. The summed E-state index contributed by atoms with van der Waals surface area (Å²) in [6.45, 7) is -0.0316. The lowest BCUT2D eigenvalue weighted by atomic mass is 10.0. The molecule has 128 valence electrons. The van der Waals surface area contributed by atoms with Crippen LogP contribution in [0.2, 0.25) is 0 Å². The van der Waals surface area contributed by atoms with Gasteiger partial charge in [-0.1, -0.05) is 34.1 Å². The number of nitrogens with one attached hydrogen (secondary N) is 1. The third-order valence-electron chi connectivity index (χ3n) is 3.30. The molecule has 0 fully saturated rings. The Labute approximate surface area is 156 Å². The fraction of sp³-hybridized carbons (Fsp3) is 0.235. The van der Waals surface area contributed by atoms with E-state index in [9.17, 15) is 9.90 Å². The van der Waals surface area contributed by atoms with Crippen LogP contribution < -0.4 is 5.32 Å². The number of benzene rings is 2. The van der Waals surface area contributed by atoms with Crippen LogP contribution >= 0.6 is 31.9 Å². The number of hydrogen-bond acceptors (Lipinski definition) is 4. The van der Waals surface area contributed by atoms with Crippen molar-refractivity contribution in [2.24, 2.45) is 0 Å². The van der Waals surface area contributed by atoms with Gasteiger partial charge in [-0.25, -0.2) is 4.79 Å². The summed E-state index contributed by atoms with van der Waals surface area (Å²) >= 11 is 6.62. The second-order valence-electron chi connectivity index (χ2n) is 5.08. The number of amides is 1. The molecule has 0 heterocycles. The number of halogens is 2. The number of aliphatic hydroxyl groups is 1. The fourth-order valence-corrected chi connectivity index (χ4v) is 3.44. The van der Waals surface area contributed by atoms with E-state index in [1.807, 2.05) is 6.07 Å². The van der Waals surface area contributed by atoms with Gasteiger partial charge in [-0.15, -0.1) is 0 Å². The molecular weight excluding hydrogens is 442 g/mol. The Balaban J connectivity index is 2.18. The minimum absolute atomic E-state index is 0.00801. The van der Waals surface area contributed by atoms with Crippen molar-refractivity contribution in [3.05, 3.63) is 57.0 Å². The van der Waals surface area contributed by atoms with Crippen molar-refractivity contribution in [1.29, 1.82) is 0 Å². The first kappa shape index (κ1) is 18.8. The average Bonchev–Trinajstić information content (AvgIpc) is 2.55. The van der Waals surface area contributed by atoms with Gasteiger partial charge in [-0.2, -0.15) is 0 Å². The van der Waals surface area contributed by atoms with Gasteiger partial charge in [0.05, 0.1) is 4.47 Å². The van der Waals surface area contributed by atoms with Crippen molar-refractivity contribution >= 4 is 43.6 Å². The molecule has 5 nitrogen and oxygen atoms in total. The number of para-hydroxylation sites is 1. The molecule has 7 heteroatoms. The summed E-state index contributed by atoms with van der Waals surface area (Å²) in [5.41, 5.74) is 1.08. The van der Waals surface area contributed by atoms with E-state index < -0.39 is 12.2 Å². The Bertz CT molecular complexity index is 694. The Hall–Kier alpha value is -1.57. The molecule has 0 unspecified atom stereocenters. The van der Waals surface area contributed by atoms with Gasteiger partial charge in [-0.05, 0) is 53.0 Å². The molecule has 1 amide bonds. The highest BCUT2D eigenvalue weighted by Gasteiger charge is 2.22. The van der Waals surface area contributed by atoms with E-state index in [0.29, 0.717) is 28.6 Å². The van der Waals surface area contributed by atoms with Crippen molar-refractivity contribution in [2.75, 3.05) is 11.9 Å². The summed E-state index contributed by atoms with van der Waals surface area (Å²) in [4.78, 5) is 12.1. The minimum atomic E-state index is -0.685. The Morgan fingerprint density at radius 3 is 2.58 bits per heavy atom. The van der Waals surface area contributed by atoms with Gasteiger partial charge < -0.3 is 14.9 Å². The lowest BCUT2D eigenvalue weighted by molar-refractivity contribution is 0.0979. The smallest absolute Gasteiger partial charge is 0.412 e. The highest BCUT2D eigenvalue weighted by Crippen LogP contribution is 2.38. The van der Waals surface area contributed by atoms with E-state index >= 15 is 0 Å². The van der Waals surface area contributed by atoms with Crippen LogP contribution in [0.25, 0.3) is 0 Å². The minimum Gasteiger partial charge on any atom is -0.506 e. The third-order valence-corrected chi connectivity index (χ3v) is 4.36. The van der Waals surface area contributed by atoms with Crippen molar-refractivity contribution in [3.63, 3.8) is 0 Å². The first-order valence-electron chi connectivity index (χ1n) is 7.32. The lowest BCUT2D eigenvalue weighted by Gasteiger charge is -2.20. The predicted octanol–water partition coefficient (Wildman–Crippen LogP) is 4.98. The number of aliphatic hydroxyl groups excluding tert-OH is 1. The Morgan fingerprint density at radius 2 is 1.92 bits per heavy atom. The number of carbonyl (C=O) groups excluding carboxylic acids is 1. The van der Waals surface area contributed by atoms with Gasteiger partial charge in [-0.3, -0.25) is 5.32 Å². The van der Waals surface area contributed by atoms with E-state index in [0.717, 1.165) is 4.47 Å². The number of phenolic OH excluding ortho intramolecular Hbond substituents is 1. The monoisotopic (exact) mass is 457 g/mol. The van der Waals surface area contributed by atoms with E-state index in [1.165, 1.54) is 0 Å². The number of ether oxygens (including phenoxy) is 1. The van der Waals surface area contributed by atoms with Crippen LogP contribution in [0.15, 0.2) is 51.4 Å². The molecule has 0 saturated heterocycles. The zero-order chi connectivity index (χ0) is 17.5. The van der Waals surface area contributed by atoms with Gasteiger partial charge in [0, 0.05) is 22.3 Å². The summed E-state index contributed by atoms with van der Waals surface area (Å²) in [7, 11) is 0. The van der Waals surface area contributed by atoms with Gasteiger partial charge in [0.15, 0.2) is 0 Å². The summed E-state index contributed by atoms with van der Waals surface area (Å²) in [5, 5.41) is 22.0. The van der Waals surface area contributed by atoms with E-state index in [1.54, 1.807) is 36.4 Å². The van der Waals surface area contributed by atoms with Gasteiger partial charge in [0.25, 0.3) is 0 Å². The highest BCUT2D eigenvalue weighted by molar-refractivity contribution is 9.11. The maximum absolute atomic E-state index is 12.1. The second kappa shape index (κ2) is 9.05. The SMILES string of the molecule is O=C(Nc1ccccc1)O[C@H](CCCO)c1cc(Br)cc(Br)c1O. The third kappa shape index (κ3) is 5.22. The van der Waals surface area contributed by atoms with Crippen molar-refractivity contribution in [3.8, 4) is 5.75 Å². The molecule has 0 aliphatic rings. The van der Waals surface area contributed by atoms with E-state index in [4.69, 9.17) is 9.84 Å². The molecule has 0 saturated carbocycles. The summed E-state index contributed by atoms with van der Waals surface area (Å²) in [5.74, 6) is 0.00801. The lowest BCUT2D eigenvalue weighted by Crippen LogP contribution is -2.18. The predicted molar refractivity (Wildman–Crippen MR) is 99.1 cm³/mol. The number of anilines is 1. The molecule has 2 aromatic carbocycles. The zero-order valence-corrected chi connectivity index (χ0v) is 15.9. The molecule has 0 spiro atoms. The highest BCUT2D eigenvalue weighted by atomic mass is 79.9. The van der Waals surface area contributed by atoms with Crippen LogP contribution in [-0.4, -0.2) is 22.9 Å². The first-order chi connectivity index (χ1) is 11.5. The topological polar surface area (TPSA) is 78.8 Å². The van der Waals surface area contributed by atoms with Crippen LogP contribution in [-0.2, 0) is 4.74 Å². The molecule has 0 aliphatic carbocycles. The Morgan fingerprint density at radius 1 is 1.21 bits per heavy atom. The first-order valence-corrected chi connectivity index (χ1v) is 8.91. The molecule has 0 aromatic heterocycles. The van der Waals surface area contributed by atoms with E-state index in [-0.39, 0.29) is 12.4 Å². The number of hydrogen-bond donors (Lipinski definition) is 3. The molecular formula is C17H17Br2NO4. The molecule has 3 N–H and O–H groups in total.